The fourth-order valence-corrected chi connectivity index (χ4v) is 6.87. The summed E-state index contributed by atoms with van der Waals surface area (Å²) in [6, 6.07) is 7.78. The van der Waals surface area contributed by atoms with Crippen LogP contribution in [-0.4, -0.2) is 15.0 Å². The molecule has 2 aromatic carbocycles. The summed E-state index contributed by atoms with van der Waals surface area (Å²) in [4.78, 5) is 0.0605. The van der Waals surface area contributed by atoms with Gasteiger partial charge < -0.3 is 4.74 Å². The van der Waals surface area contributed by atoms with Gasteiger partial charge in [-0.25, -0.2) is 17.2 Å². The van der Waals surface area contributed by atoms with Crippen molar-refractivity contribution >= 4 is 21.4 Å². The first kappa shape index (κ1) is 17.7. The van der Waals surface area contributed by atoms with Crippen molar-refractivity contribution in [3.05, 3.63) is 58.6 Å². The van der Waals surface area contributed by atoms with Gasteiger partial charge in [-0.05, 0) is 49.2 Å². The van der Waals surface area contributed by atoms with Crippen LogP contribution < -0.4 is 4.74 Å². The van der Waals surface area contributed by atoms with E-state index < -0.39 is 32.1 Å². The summed E-state index contributed by atoms with van der Waals surface area (Å²) in [5.41, 5.74) is -0.164. The monoisotopic (exact) mass is 398 g/mol. The summed E-state index contributed by atoms with van der Waals surface area (Å²) in [5.74, 6) is -2.19. The summed E-state index contributed by atoms with van der Waals surface area (Å²) >= 11 is 5.89. The Morgan fingerprint density at radius 2 is 1.73 bits per heavy atom. The van der Waals surface area contributed by atoms with Gasteiger partial charge in [-0.2, -0.15) is 0 Å². The van der Waals surface area contributed by atoms with Crippen LogP contribution in [0.5, 0.6) is 5.75 Å². The Morgan fingerprint density at radius 3 is 2.46 bits per heavy atom. The van der Waals surface area contributed by atoms with Crippen LogP contribution in [0.15, 0.2) is 41.3 Å². The Labute approximate surface area is 155 Å². The summed E-state index contributed by atoms with van der Waals surface area (Å²) in [5, 5.41) is 0.409. The molecule has 2 aliphatic rings. The van der Waals surface area contributed by atoms with E-state index in [9.17, 15) is 17.2 Å². The number of fused-ring (bicyclic) bond motifs is 3. The number of benzene rings is 2. The molecular weight excluding hydrogens is 382 g/mol. The first-order valence-electron chi connectivity index (χ1n) is 8.49. The van der Waals surface area contributed by atoms with Crippen molar-refractivity contribution in [2.24, 2.45) is 5.92 Å². The van der Waals surface area contributed by atoms with Crippen molar-refractivity contribution in [3.8, 4) is 5.75 Å². The molecule has 1 aliphatic carbocycles. The number of halogens is 3. The van der Waals surface area contributed by atoms with Crippen molar-refractivity contribution in [3.63, 3.8) is 0 Å². The molecule has 0 radical (unpaired) electrons. The van der Waals surface area contributed by atoms with E-state index in [0.29, 0.717) is 17.9 Å². The van der Waals surface area contributed by atoms with Gasteiger partial charge in [-0.15, -0.1) is 0 Å². The van der Waals surface area contributed by atoms with E-state index in [1.165, 1.54) is 24.3 Å². The molecule has 138 valence electrons. The van der Waals surface area contributed by atoms with Gasteiger partial charge in [0.05, 0.1) is 17.1 Å². The molecule has 0 N–H and O–H groups in total. The van der Waals surface area contributed by atoms with E-state index in [2.05, 4.69) is 0 Å². The van der Waals surface area contributed by atoms with Gasteiger partial charge in [0.1, 0.15) is 10.6 Å². The predicted octanol–water partition coefficient (Wildman–Crippen LogP) is 4.87. The van der Waals surface area contributed by atoms with E-state index in [-0.39, 0.29) is 29.2 Å². The largest absolute Gasteiger partial charge is 0.490 e. The van der Waals surface area contributed by atoms with E-state index in [1.54, 1.807) is 0 Å². The Hall–Kier alpha value is -1.66. The Morgan fingerprint density at radius 1 is 1.04 bits per heavy atom. The molecule has 26 heavy (non-hydrogen) atoms. The van der Waals surface area contributed by atoms with E-state index in [1.807, 2.05) is 0 Å². The SMILES string of the molecule is O=S(=O)(c1ccc(Cl)cc1)[C@@]12CCCCC1COc1c(F)ccc(F)c12. The maximum absolute atomic E-state index is 14.8. The van der Waals surface area contributed by atoms with Crippen LogP contribution in [0.3, 0.4) is 0 Å². The van der Waals surface area contributed by atoms with Gasteiger partial charge in [0, 0.05) is 10.9 Å². The van der Waals surface area contributed by atoms with Crippen LogP contribution in [0.4, 0.5) is 8.78 Å². The molecule has 1 fully saturated rings. The lowest BCUT2D eigenvalue weighted by atomic mass is 9.73. The van der Waals surface area contributed by atoms with Crippen molar-refractivity contribution in [1.82, 2.24) is 0 Å². The smallest absolute Gasteiger partial charge is 0.188 e. The standard InChI is InChI=1S/C19H17ClF2O3S/c20-13-4-6-14(7-5-13)26(23,24)19-10-2-1-3-12(19)11-25-18-16(22)9-8-15(21)17(18)19/h4-9,12H,1-3,10-11H2/t12?,19-/m0/s1. The number of hydrogen-bond donors (Lipinski definition) is 0. The number of sulfone groups is 1. The molecule has 0 bridgehead atoms. The second-order valence-corrected chi connectivity index (χ2v) is 9.48. The summed E-state index contributed by atoms with van der Waals surface area (Å²) in [6.45, 7) is 0.0557. The quantitative estimate of drug-likeness (QED) is 0.724. The molecule has 7 heteroatoms. The van der Waals surface area contributed by atoms with Crippen LogP contribution >= 0.6 is 11.6 Å². The first-order valence-corrected chi connectivity index (χ1v) is 10.4. The van der Waals surface area contributed by atoms with Crippen LogP contribution in [0.1, 0.15) is 31.2 Å². The third-order valence-electron chi connectivity index (χ3n) is 5.52. The highest BCUT2D eigenvalue weighted by atomic mass is 35.5. The topological polar surface area (TPSA) is 43.4 Å². The minimum absolute atomic E-state index is 0.0557. The van der Waals surface area contributed by atoms with Gasteiger partial charge in [0.25, 0.3) is 0 Å². The van der Waals surface area contributed by atoms with E-state index in [0.717, 1.165) is 18.6 Å². The fraction of sp³-hybridized carbons (Fsp3) is 0.368. The molecule has 1 saturated carbocycles. The number of rotatable bonds is 2. The third-order valence-corrected chi connectivity index (χ3v) is 8.37. The van der Waals surface area contributed by atoms with Crippen molar-refractivity contribution in [2.45, 2.75) is 35.3 Å². The summed E-state index contributed by atoms with van der Waals surface area (Å²) in [6.07, 6.45) is 2.28. The molecule has 1 heterocycles. The zero-order valence-electron chi connectivity index (χ0n) is 13.8. The van der Waals surface area contributed by atoms with Crippen LogP contribution in [0, 0.1) is 17.6 Å². The highest BCUT2D eigenvalue weighted by molar-refractivity contribution is 7.92. The van der Waals surface area contributed by atoms with Gasteiger partial charge in [-0.3, -0.25) is 0 Å². The number of hydrogen-bond acceptors (Lipinski definition) is 3. The van der Waals surface area contributed by atoms with Crippen molar-refractivity contribution in [2.75, 3.05) is 6.61 Å². The Kier molecular flexibility index (Phi) is 4.23. The van der Waals surface area contributed by atoms with Crippen LogP contribution in [0.25, 0.3) is 0 Å². The average Bonchev–Trinajstić information content (AvgIpc) is 2.64. The molecule has 3 nitrogen and oxygen atoms in total. The summed E-state index contributed by atoms with van der Waals surface area (Å²) in [7, 11) is -4.00. The zero-order valence-corrected chi connectivity index (χ0v) is 15.4. The highest BCUT2D eigenvalue weighted by Crippen LogP contribution is 2.56. The molecule has 0 amide bonds. The maximum Gasteiger partial charge on any atom is 0.188 e. The molecular formula is C19H17ClF2O3S. The number of ether oxygens (including phenoxy) is 1. The zero-order chi connectivity index (χ0) is 18.5. The lowest BCUT2D eigenvalue weighted by molar-refractivity contribution is 0.124. The molecule has 2 atom stereocenters. The van der Waals surface area contributed by atoms with Crippen molar-refractivity contribution in [1.29, 1.82) is 0 Å². The van der Waals surface area contributed by atoms with Gasteiger partial charge in [0.2, 0.25) is 0 Å². The van der Waals surface area contributed by atoms with Gasteiger partial charge >= 0.3 is 0 Å². The Bertz CT molecular complexity index is 959. The normalized spacial score (nSPS) is 25.1. The lowest BCUT2D eigenvalue weighted by Gasteiger charge is -2.47. The predicted molar refractivity (Wildman–Crippen MR) is 94.1 cm³/mol. The van der Waals surface area contributed by atoms with E-state index >= 15 is 0 Å². The lowest BCUT2D eigenvalue weighted by Crippen LogP contribution is -2.50. The first-order chi connectivity index (χ1) is 12.4. The maximum atomic E-state index is 14.8. The molecule has 4 rings (SSSR count). The van der Waals surface area contributed by atoms with Crippen LogP contribution in [-0.2, 0) is 14.6 Å². The van der Waals surface area contributed by atoms with Crippen molar-refractivity contribution < 1.29 is 21.9 Å². The minimum Gasteiger partial charge on any atom is -0.490 e. The third kappa shape index (κ3) is 2.38. The minimum atomic E-state index is -4.00. The average molecular weight is 399 g/mol. The summed E-state index contributed by atoms with van der Waals surface area (Å²) < 4.78 is 60.5. The molecule has 0 saturated heterocycles. The molecule has 2 aromatic rings. The Balaban J connectivity index is 2.02. The fourth-order valence-electron chi connectivity index (χ4n) is 4.33. The highest BCUT2D eigenvalue weighted by Gasteiger charge is 2.58. The molecule has 0 aromatic heterocycles. The second kappa shape index (κ2) is 6.20. The van der Waals surface area contributed by atoms with E-state index in [4.69, 9.17) is 16.3 Å². The van der Waals surface area contributed by atoms with Gasteiger partial charge in [0.15, 0.2) is 21.4 Å². The van der Waals surface area contributed by atoms with Gasteiger partial charge in [-0.1, -0.05) is 24.4 Å². The molecule has 1 aliphatic heterocycles. The van der Waals surface area contributed by atoms with Crippen LogP contribution in [0.2, 0.25) is 5.02 Å². The molecule has 1 unspecified atom stereocenters. The second-order valence-electron chi connectivity index (χ2n) is 6.83. The molecule has 0 spiro atoms.